The lowest BCUT2D eigenvalue weighted by molar-refractivity contribution is -0.0328. The molecule has 0 spiro atoms. The number of hydrogen-bond donors (Lipinski definition) is 1. The molecule has 0 saturated carbocycles. The van der Waals surface area contributed by atoms with Crippen molar-refractivity contribution in [1.29, 1.82) is 0 Å². The van der Waals surface area contributed by atoms with Gasteiger partial charge in [0, 0.05) is 37.1 Å². The van der Waals surface area contributed by atoms with Crippen molar-refractivity contribution in [2.24, 2.45) is 5.92 Å². The van der Waals surface area contributed by atoms with E-state index < -0.39 is 5.51 Å². The van der Waals surface area contributed by atoms with Gasteiger partial charge in [-0.2, -0.15) is 13.2 Å². The number of hydrogen-bond acceptors (Lipinski definition) is 3. The van der Waals surface area contributed by atoms with Gasteiger partial charge in [0.1, 0.15) is 0 Å². The van der Waals surface area contributed by atoms with E-state index in [-0.39, 0.29) is 17.8 Å². The first-order valence-corrected chi connectivity index (χ1v) is 8.48. The summed E-state index contributed by atoms with van der Waals surface area (Å²) in [4.78, 5) is 2.64. The summed E-state index contributed by atoms with van der Waals surface area (Å²) < 4.78 is 38.5. The number of rotatable bonds is 5. The van der Waals surface area contributed by atoms with Crippen molar-refractivity contribution in [2.75, 3.05) is 26.2 Å². The van der Waals surface area contributed by atoms with Crippen LogP contribution in [0.3, 0.4) is 0 Å². The highest BCUT2D eigenvalue weighted by Crippen LogP contribution is 2.42. The van der Waals surface area contributed by atoms with Gasteiger partial charge < -0.3 is 5.32 Å². The van der Waals surface area contributed by atoms with Crippen molar-refractivity contribution in [3.05, 3.63) is 29.8 Å². The maximum atomic E-state index is 12.8. The second kappa shape index (κ2) is 7.70. The summed E-state index contributed by atoms with van der Waals surface area (Å²) in [6.45, 7) is 7.78. The van der Waals surface area contributed by atoms with Gasteiger partial charge in [0.2, 0.25) is 0 Å². The average molecular weight is 332 g/mol. The summed E-state index contributed by atoms with van der Waals surface area (Å²) in [6.07, 6.45) is 0.870. The maximum Gasteiger partial charge on any atom is 0.446 e. The van der Waals surface area contributed by atoms with E-state index >= 15 is 0 Å². The fraction of sp³-hybridized carbons (Fsp3) is 0.625. The Morgan fingerprint density at radius 2 is 1.82 bits per heavy atom. The van der Waals surface area contributed by atoms with Gasteiger partial charge in [-0.15, -0.1) is 0 Å². The summed E-state index contributed by atoms with van der Waals surface area (Å²) >= 11 is 0.00449. The van der Waals surface area contributed by atoms with Crippen LogP contribution in [0.25, 0.3) is 0 Å². The van der Waals surface area contributed by atoms with Gasteiger partial charge in [-0.1, -0.05) is 32.0 Å². The quantitative estimate of drug-likeness (QED) is 0.810. The molecule has 1 heterocycles. The van der Waals surface area contributed by atoms with Crippen LogP contribution in [0.2, 0.25) is 0 Å². The van der Waals surface area contributed by atoms with Crippen LogP contribution in [0.15, 0.2) is 29.2 Å². The number of halogens is 3. The number of benzene rings is 1. The first kappa shape index (κ1) is 17.6. The lowest BCUT2D eigenvalue weighted by Crippen LogP contribution is -2.45. The van der Waals surface area contributed by atoms with E-state index in [0.29, 0.717) is 10.8 Å². The summed E-state index contributed by atoms with van der Waals surface area (Å²) in [7, 11) is 0. The predicted molar refractivity (Wildman–Crippen MR) is 85.0 cm³/mol. The molecule has 1 N–H and O–H groups in total. The molecule has 1 atom stereocenters. The summed E-state index contributed by atoms with van der Waals surface area (Å²) in [5, 5.41) is 3.30. The Labute approximate surface area is 134 Å². The Morgan fingerprint density at radius 1 is 1.18 bits per heavy atom. The standard InChI is InChI=1S/C16H23F3N2S/c1-12(2)11-14(21-9-7-20-8-10-21)13-5-3-4-6-15(13)22-16(17,18)19/h3-6,12,14,20H,7-11H2,1-2H3/t14-/m0/s1. The van der Waals surface area contributed by atoms with Gasteiger partial charge >= 0.3 is 5.51 Å². The summed E-state index contributed by atoms with van der Waals surface area (Å²) in [5.74, 6) is 0.434. The third-order valence-corrected chi connectivity index (χ3v) is 4.61. The van der Waals surface area contributed by atoms with Crippen LogP contribution in [0.1, 0.15) is 31.9 Å². The van der Waals surface area contributed by atoms with Crippen molar-refractivity contribution in [3.63, 3.8) is 0 Å². The van der Waals surface area contributed by atoms with E-state index in [1.54, 1.807) is 12.1 Å². The van der Waals surface area contributed by atoms with E-state index in [1.807, 2.05) is 12.1 Å². The van der Waals surface area contributed by atoms with Crippen LogP contribution in [0.4, 0.5) is 13.2 Å². The third kappa shape index (κ3) is 5.18. The normalized spacial score (nSPS) is 18.6. The topological polar surface area (TPSA) is 15.3 Å². The highest BCUT2D eigenvalue weighted by atomic mass is 32.2. The Hall–Kier alpha value is -0.720. The second-order valence-electron chi connectivity index (χ2n) is 6.02. The molecule has 1 aromatic rings. The van der Waals surface area contributed by atoms with Crippen LogP contribution < -0.4 is 5.32 Å². The molecule has 1 aliphatic heterocycles. The molecule has 1 saturated heterocycles. The molecular weight excluding hydrogens is 309 g/mol. The second-order valence-corrected chi connectivity index (χ2v) is 7.12. The number of thioether (sulfide) groups is 1. The molecule has 124 valence electrons. The minimum Gasteiger partial charge on any atom is -0.314 e. The van der Waals surface area contributed by atoms with Gasteiger partial charge in [0.25, 0.3) is 0 Å². The molecule has 0 amide bonds. The molecule has 0 aliphatic carbocycles. The lowest BCUT2D eigenvalue weighted by atomic mass is 9.95. The Bertz CT molecular complexity index is 471. The van der Waals surface area contributed by atoms with E-state index in [0.717, 1.165) is 38.2 Å². The number of nitrogens with one attached hydrogen (secondary N) is 1. The zero-order valence-corrected chi connectivity index (χ0v) is 13.8. The largest absolute Gasteiger partial charge is 0.446 e. The predicted octanol–water partition coefficient (Wildman–Crippen LogP) is 4.29. The highest BCUT2D eigenvalue weighted by molar-refractivity contribution is 8.00. The Balaban J connectivity index is 2.29. The van der Waals surface area contributed by atoms with Crippen LogP contribution in [0, 0.1) is 5.92 Å². The molecule has 0 unspecified atom stereocenters. The highest BCUT2D eigenvalue weighted by Gasteiger charge is 2.32. The van der Waals surface area contributed by atoms with Gasteiger partial charge in [0.05, 0.1) is 0 Å². The number of piperazine rings is 1. The number of alkyl halides is 3. The molecule has 1 aromatic carbocycles. The monoisotopic (exact) mass is 332 g/mol. The lowest BCUT2D eigenvalue weighted by Gasteiger charge is -2.37. The van der Waals surface area contributed by atoms with E-state index in [1.165, 1.54) is 0 Å². The first-order chi connectivity index (χ1) is 10.4. The zero-order valence-electron chi connectivity index (χ0n) is 13.0. The smallest absolute Gasteiger partial charge is 0.314 e. The van der Waals surface area contributed by atoms with Crippen LogP contribution in [-0.2, 0) is 0 Å². The van der Waals surface area contributed by atoms with Crippen LogP contribution in [0.5, 0.6) is 0 Å². The Kier molecular flexibility index (Phi) is 6.17. The molecular formula is C16H23F3N2S. The van der Waals surface area contributed by atoms with Gasteiger partial charge in [-0.25, -0.2) is 0 Å². The minimum absolute atomic E-state index is 0.00449. The summed E-state index contributed by atoms with van der Waals surface area (Å²) in [5.41, 5.74) is -3.44. The van der Waals surface area contributed by atoms with Gasteiger partial charge in [-0.3, -0.25) is 4.90 Å². The van der Waals surface area contributed by atoms with Gasteiger partial charge in [-0.05, 0) is 35.7 Å². The molecule has 1 fully saturated rings. The fourth-order valence-corrected chi connectivity index (χ4v) is 3.60. The molecule has 22 heavy (non-hydrogen) atoms. The molecule has 0 radical (unpaired) electrons. The first-order valence-electron chi connectivity index (χ1n) is 7.66. The average Bonchev–Trinajstić information content (AvgIpc) is 2.45. The molecule has 0 bridgehead atoms. The van der Waals surface area contributed by atoms with Crippen molar-refractivity contribution < 1.29 is 13.2 Å². The summed E-state index contributed by atoms with van der Waals surface area (Å²) in [6, 6.07) is 7.01. The SMILES string of the molecule is CC(C)C[C@@H](c1ccccc1SC(F)(F)F)N1CCNCC1. The van der Waals surface area contributed by atoms with Gasteiger partial charge in [0.15, 0.2) is 0 Å². The van der Waals surface area contributed by atoms with Crippen LogP contribution in [-0.4, -0.2) is 36.6 Å². The van der Waals surface area contributed by atoms with Crippen molar-refractivity contribution in [3.8, 4) is 0 Å². The Morgan fingerprint density at radius 3 is 2.41 bits per heavy atom. The minimum atomic E-state index is -4.25. The van der Waals surface area contributed by atoms with E-state index in [2.05, 4.69) is 24.1 Å². The van der Waals surface area contributed by atoms with Crippen molar-refractivity contribution in [2.45, 2.75) is 36.7 Å². The zero-order chi connectivity index (χ0) is 16.2. The maximum absolute atomic E-state index is 12.8. The number of nitrogens with zero attached hydrogens (tertiary/aromatic N) is 1. The molecule has 6 heteroatoms. The molecule has 2 rings (SSSR count). The van der Waals surface area contributed by atoms with E-state index in [4.69, 9.17) is 0 Å². The van der Waals surface area contributed by atoms with E-state index in [9.17, 15) is 13.2 Å². The molecule has 1 aliphatic rings. The fourth-order valence-electron chi connectivity index (χ4n) is 2.89. The van der Waals surface area contributed by atoms with Crippen molar-refractivity contribution in [1.82, 2.24) is 10.2 Å². The molecule has 0 aromatic heterocycles. The van der Waals surface area contributed by atoms with Crippen LogP contribution >= 0.6 is 11.8 Å². The third-order valence-electron chi connectivity index (χ3n) is 3.79. The van der Waals surface area contributed by atoms with Crippen molar-refractivity contribution >= 4 is 11.8 Å². The molecule has 2 nitrogen and oxygen atoms in total.